The van der Waals surface area contributed by atoms with Gasteiger partial charge in [-0.25, -0.2) is 14.8 Å². The Bertz CT molecular complexity index is 865. The number of carbonyl (C=O) groups is 2. The molecule has 0 saturated carbocycles. The Balaban J connectivity index is 1.40. The van der Waals surface area contributed by atoms with Gasteiger partial charge in [-0.15, -0.1) is 0 Å². The van der Waals surface area contributed by atoms with Crippen molar-refractivity contribution in [2.45, 2.75) is 24.8 Å². The van der Waals surface area contributed by atoms with E-state index in [1.54, 1.807) is 25.6 Å². The highest BCUT2D eigenvalue weighted by molar-refractivity contribution is 6.07. The second kappa shape index (κ2) is 7.46. The van der Waals surface area contributed by atoms with E-state index in [0.717, 1.165) is 11.3 Å². The number of rotatable bonds is 5. The highest BCUT2D eigenvalue weighted by Crippen LogP contribution is 2.30. The van der Waals surface area contributed by atoms with Crippen molar-refractivity contribution in [1.82, 2.24) is 20.2 Å². The highest BCUT2D eigenvalue weighted by atomic mass is 16.5. The van der Waals surface area contributed by atoms with Crippen molar-refractivity contribution >= 4 is 17.9 Å². The van der Waals surface area contributed by atoms with E-state index in [2.05, 4.69) is 15.3 Å². The number of piperidine rings is 1. The summed E-state index contributed by atoms with van der Waals surface area (Å²) >= 11 is 0. The highest BCUT2D eigenvalue weighted by Gasteiger charge is 2.52. The van der Waals surface area contributed by atoms with Crippen molar-refractivity contribution < 1.29 is 14.3 Å². The van der Waals surface area contributed by atoms with E-state index in [1.165, 1.54) is 4.90 Å². The lowest BCUT2D eigenvalue weighted by Gasteiger charge is -2.37. The van der Waals surface area contributed by atoms with E-state index >= 15 is 0 Å². The molecule has 1 aromatic carbocycles. The van der Waals surface area contributed by atoms with Gasteiger partial charge in [0, 0.05) is 32.0 Å². The Morgan fingerprint density at radius 2 is 1.89 bits per heavy atom. The molecule has 28 heavy (non-hydrogen) atoms. The van der Waals surface area contributed by atoms with Gasteiger partial charge in [0.1, 0.15) is 11.3 Å². The standard InChI is InChI=1S/C20H23N5O3/c1-28-16-5-2-4-15(14-16)6-11-25-17(26)20(23-19(25)27)7-12-24(13-8-20)18-21-9-3-10-22-18/h2-5,9-10,14H,6-8,11-13H2,1H3,(H,23,27). The molecule has 0 bridgehead atoms. The van der Waals surface area contributed by atoms with Crippen LogP contribution in [0, 0.1) is 0 Å². The maximum Gasteiger partial charge on any atom is 0.325 e. The Labute approximate surface area is 163 Å². The fourth-order valence-electron chi connectivity index (χ4n) is 3.83. The fourth-order valence-corrected chi connectivity index (χ4v) is 3.83. The molecule has 0 radical (unpaired) electrons. The van der Waals surface area contributed by atoms with Gasteiger partial charge in [0.25, 0.3) is 5.91 Å². The summed E-state index contributed by atoms with van der Waals surface area (Å²) in [7, 11) is 1.62. The molecule has 8 heteroatoms. The van der Waals surface area contributed by atoms with E-state index in [0.29, 0.717) is 44.8 Å². The number of imide groups is 1. The molecule has 1 spiro atoms. The van der Waals surface area contributed by atoms with Crippen molar-refractivity contribution in [2.24, 2.45) is 0 Å². The minimum absolute atomic E-state index is 0.131. The van der Waals surface area contributed by atoms with E-state index < -0.39 is 5.54 Å². The van der Waals surface area contributed by atoms with Crippen molar-refractivity contribution in [1.29, 1.82) is 0 Å². The molecule has 4 rings (SSSR count). The second-order valence-corrected chi connectivity index (χ2v) is 7.11. The lowest BCUT2D eigenvalue weighted by atomic mass is 9.87. The number of ether oxygens (including phenoxy) is 1. The first-order valence-corrected chi connectivity index (χ1v) is 9.40. The van der Waals surface area contributed by atoms with Gasteiger partial charge in [-0.05, 0) is 43.0 Å². The topological polar surface area (TPSA) is 87.7 Å². The van der Waals surface area contributed by atoms with Crippen LogP contribution in [0.2, 0.25) is 0 Å². The van der Waals surface area contributed by atoms with E-state index in [-0.39, 0.29) is 11.9 Å². The van der Waals surface area contributed by atoms with Crippen LogP contribution in [0.3, 0.4) is 0 Å². The van der Waals surface area contributed by atoms with Crippen LogP contribution in [0.25, 0.3) is 0 Å². The number of aromatic nitrogens is 2. The van der Waals surface area contributed by atoms with Gasteiger partial charge in [0.05, 0.1) is 7.11 Å². The van der Waals surface area contributed by atoms with Gasteiger partial charge in [-0.1, -0.05) is 12.1 Å². The summed E-state index contributed by atoms with van der Waals surface area (Å²) in [6.07, 6.45) is 5.10. The number of benzene rings is 1. The van der Waals surface area contributed by atoms with Crippen LogP contribution in [0.5, 0.6) is 5.75 Å². The predicted octanol–water partition coefficient (Wildman–Crippen LogP) is 1.62. The molecule has 0 aliphatic carbocycles. The number of anilines is 1. The van der Waals surface area contributed by atoms with Crippen LogP contribution in [-0.4, -0.2) is 59.1 Å². The van der Waals surface area contributed by atoms with Crippen molar-refractivity contribution in [3.8, 4) is 5.75 Å². The Hall–Kier alpha value is -3.16. The molecular formula is C20H23N5O3. The van der Waals surface area contributed by atoms with Crippen LogP contribution in [-0.2, 0) is 11.2 Å². The number of carbonyl (C=O) groups excluding carboxylic acids is 2. The average Bonchev–Trinajstić information content (AvgIpc) is 2.97. The van der Waals surface area contributed by atoms with Gasteiger partial charge < -0.3 is 15.0 Å². The molecule has 1 N–H and O–H groups in total. The van der Waals surface area contributed by atoms with Crippen molar-refractivity contribution in [2.75, 3.05) is 31.6 Å². The number of methoxy groups -OCH3 is 1. The van der Waals surface area contributed by atoms with Crippen molar-refractivity contribution in [3.63, 3.8) is 0 Å². The summed E-state index contributed by atoms with van der Waals surface area (Å²) in [5.41, 5.74) is 0.216. The predicted molar refractivity (Wildman–Crippen MR) is 103 cm³/mol. The zero-order valence-electron chi connectivity index (χ0n) is 15.8. The zero-order valence-corrected chi connectivity index (χ0v) is 15.8. The van der Waals surface area contributed by atoms with Gasteiger partial charge in [-0.2, -0.15) is 0 Å². The number of urea groups is 1. The van der Waals surface area contributed by atoms with E-state index in [9.17, 15) is 9.59 Å². The monoisotopic (exact) mass is 381 g/mol. The van der Waals surface area contributed by atoms with Gasteiger partial charge >= 0.3 is 6.03 Å². The Morgan fingerprint density at radius 3 is 2.61 bits per heavy atom. The number of nitrogens with one attached hydrogen (secondary N) is 1. The van der Waals surface area contributed by atoms with E-state index in [4.69, 9.17) is 4.74 Å². The minimum atomic E-state index is -0.809. The number of hydrogen-bond acceptors (Lipinski definition) is 6. The second-order valence-electron chi connectivity index (χ2n) is 7.11. The normalized spacial score (nSPS) is 18.5. The average molecular weight is 381 g/mol. The summed E-state index contributed by atoms with van der Waals surface area (Å²) in [5, 5.41) is 2.95. The molecular weight excluding hydrogens is 358 g/mol. The third-order valence-electron chi connectivity index (χ3n) is 5.46. The summed E-state index contributed by atoms with van der Waals surface area (Å²) < 4.78 is 5.23. The zero-order chi connectivity index (χ0) is 19.6. The SMILES string of the molecule is COc1cccc(CCN2C(=O)NC3(CCN(c4ncccn4)CC3)C2=O)c1. The smallest absolute Gasteiger partial charge is 0.325 e. The molecule has 3 amide bonds. The van der Waals surface area contributed by atoms with Crippen molar-refractivity contribution in [3.05, 3.63) is 48.3 Å². The molecule has 2 fully saturated rings. The molecule has 2 aliphatic rings. The quantitative estimate of drug-likeness (QED) is 0.792. The number of nitrogens with zero attached hydrogens (tertiary/aromatic N) is 4. The van der Waals surface area contributed by atoms with Crippen LogP contribution in [0.1, 0.15) is 18.4 Å². The van der Waals surface area contributed by atoms with Crippen LogP contribution in [0.4, 0.5) is 10.7 Å². The van der Waals surface area contributed by atoms with E-state index in [1.807, 2.05) is 29.2 Å². The number of hydrogen-bond donors (Lipinski definition) is 1. The Morgan fingerprint density at radius 1 is 1.14 bits per heavy atom. The molecule has 1 aromatic heterocycles. The van der Waals surface area contributed by atoms with Crippen LogP contribution in [0.15, 0.2) is 42.7 Å². The Kier molecular flexibility index (Phi) is 4.85. The first kappa shape index (κ1) is 18.2. The molecule has 2 saturated heterocycles. The molecule has 146 valence electrons. The largest absolute Gasteiger partial charge is 0.497 e. The third kappa shape index (κ3) is 3.37. The third-order valence-corrected chi connectivity index (χ3v) is 5.46. The first-order chi connectivity index (χ1) is 13.6. The van der Waals surface area contributed by atoms with Crippen LogP contribution >= 0.6 is 0 Å². The molecule has 8 nitrogen and oxygen atoms in total. The van der Waals surface area contributed by atoms with Gasteiger partial charge in [0.15, 0.2) is 0 Å². The summed E-state index contributed by atoms with van der Waals surface area (Å²) in [4.78, 5) is 37.5. The molecule has 2 aromatic rings. The van der Waals surface area contributed by atoms with Gasteiger partial charge in [-0.3, -0.25) is 9.69 Å². The molecule has 2 aliphatic heterocycles. The molecule has 3 heterocycles. The summed E-state index contributed by atoms with van der Waals surface area (Å²) in [6, 6.07) is 9.13. The summed E-state index contributed by atoms with van der Waals surface area (Å²) in [6.45, 7) is 1.60. The lowest BCUT2D eigenvalue weighted by molar-refractivity contribution is -0.132. The maximum atomic E-state index is 13.0. The first-order valence-electron chi connectivity index (χ1n) is 9.40. The fraction of sp³-hybridized carbons (Fsp3) is 0.400. The number of amides is 3. The van der Waals surface area contributed by atoms with Crippen LogP contribution < -0.4 is 15.0 Å². The molecule has 0 atom stereocenters. The van der Waals surface area contributed by atoms with Gasteiger partial charge in [0.2, 0.25) is 5.95 Å². The maximum absolute atomic E-state index is 13.0. The summed E-state index contributed by atoms with van der Waals surface area (Å²) in [5.74, 6) is 1.29. The minimum Gasteiger partial charge on any atom is -0.497 e. The lowest BCUT2D eigenvalue weighted by Crippen LogP contribution is -2.55. The molecule has 0 unspecified atom stereocenters.